The highest BCUT2D eigenvalue weighted by molar-refractivity contribution is 7.96. The van der Waals surface area contributed by atoms with Crippen LogP contribution in [0.15, 0.2) is 12.7 Å². The molecule has 1 saturated heterocycles. The van der Waals surface area contributed by atoms with Gasteiger partial charge in [-0.1, -0.05) is 0 Å². The van der Waals surface area contributed by atoms with Gasteiger partial charge in [-0.2, -0.15) is 0 Å². The van der Waals surface area contributed by atoms with E-state index < -0.39 is 52.9 Å². The Morgan fingerprint density at radius 1 is 1.46 bits per heavy atom. The molecule has 3 heterocycles. The van der Waals surface area contributed by atoms with Crippen molar-refractivity contribution >= 4 is 33.8 Å². The lowest BCUT2D eigenvalue weighted by Gasteiger charge is -2.31. The SMILES string of the molecule is C[S+](CC[C@H](N)C(=O)[O-])[C@@]1(n2cnc3c(N)ncnc32)O[C@H](CO)[C@@H](O)[C@H]1O. The number of nitrogens with two attached hydrogens (primary N) is 2. The Hall–Kier alpha value is -2.03. The number of ether oxygens (including phenoxy) is 1. The molecule has 0 amide bonds. The van der Waals surface area contributed by atoms with Crippen molar-refractivity contribution in [2.45, 2.75) is 35.8 Å². The molecule has 3 rings (SSSR count). The number of hydrogen-bond acceptors (Lipinski definition) is 11. The molecule has 154 valence electrons. The van der Waals surface area contributed by atoms with Gasteiger partial charge in [0.1, 0.15) is 42.4 Å². The zero-order chi connectivity index (χ0) is 20.6. The van der Waals surface area contributed by atoms with Gasteiger partial charge in [-0.25, -0.2) is 19.5 Å². The molecule has 1 fully saturated rings. The number of rotatable bonds is 7. The minimum absolute atomic E-state index is 0.0589. The normalized spacial score (nSPS) is 29.8. The van der Waals surface area contributed by atoms with Crippen molar-refractivity contribution in [1.29, 1.82) is 0 Å². The molecule has 0 bridgehead atoms. The Kier molecular flexibility index (Phi) is 5.74. The number of carbonyl (C=O) groups excluding carboxylic acids is 1. The third kappa shape index (κ3) is 3.19. The number of aliphatic hydroxyl groups is 3. The lowest BCUT2D eigenvalue weighted by molar-refractivity contribution is -0.307. The van der Waals surface area contributed by atoms with Crippen molar-refractivity contribution in [2.24, 2.45) is 5.73 Å². The first-order valence-electron chi connectivity index (χ1n) is 8.42. The Bertz CT molecular complexity index is 867. The summed E-state index contributed by atoms with van der Waals surface area (Å²) in [5, 5.41) is 40.2. The predicted octanol–water partition coefficient (Wildman–Crippen LogP) is -4.15. The van der Waals surface area contributed by atoms with E-state index in [0.29, 0.717) is 0 Å². The number of nitrogens with zero attached hydrogens (tertiary/aromatic N) is 4. The molecule has 12 nitrogen and oxygen atoms in total. The summed E-state index contributed by atoms with van der Waals surface area (Å²) >= 11 is 0. The van der Waals surface area contributed by atoms with Crippen LogP contribution < -0.4 is 16.6 Å². The molecule has 2 aromatic rings. The molecule has 0 spiro atoms. The number of hydrogen-bond donors (Lipinski definition) is 5. The van der Waals surface area contributed by atoms with Crippen LogP contribution in [0.5, 0.6) is 0 Å². The lowest BCUT2D eigenvalue weighted by Crippen LogP contribution is -2.53. The predicted molar refractivity (Wildman–Crippen MR) is 97.4 cm³/mol. The third-order valence-corrected chi connectivity index (χ3v) is 7.19. The molecule has 28 heavy (non-hydrogen) atoms. The van der Waals surface area contributed by atoms with Crippen LogP contribution in [0.25, 0.3) is 11.2 Å². The average molecular weight is 414 g/mol. The molecule has 0 saturated carbocycles. The fraction of sp³-hybridized carbons (Fsp3) is 0.600. The zero-order valence-electron chi connectivity index (χ0n) is 15.0. The molecule has 0 radical (unpaired) electrons. The summed E-state index contributed by atoms with van der Waals surface area (Å²) in [6.07, 6.45) is 0.476. The number of carboxylic acids is 1. The number of fused-ring (bicyclic) bond motifs is 1. The van der Waals surface area contributed by atoms with Gasteiger partial charge in [0, 0.05) is 23.4 Å². The van der Waals surface area contributed by atoms with Crippen molar-refractivity contribution in [3.8, 4) is 0 Å². The Morgan fingerprint density at radius 2 is 2.18 bits per heavy atom. The van der Waals surface area contributed by atoms with E-state index in [1.165, 1.54) is 17.2 Å². The fourth-order valence-electron chi connectivity index (χ4n) is 3.22. The summed E-state index contributed by atoms with van der Waals surface area (Å²) in [7, 11) is -0.899. The van der Waals surface area contributed by atoms with Crippen molar-refractivity contribution in [3.63, 3.8) is 0 Å². The van der Waals surface area contributed by atoms with Gasteiger partial charge in [-0.15, -0.1) is 0 Å². The first kappa shape index (κ1) is 20.7. The Balaban J connectivity index is 2.07. The van der Waals surface area contributed by atoms with E-state index in [4.69, 9.17) is 16.2 Å². The minimum Gasteiger partial charge on any atom is -0.548 e. The molecule has 0 aliphatic carbocycles. The zero-order valence-corrected chi connectivity index (χ0v) is 15.8. The highest BCUT2D eigenvalue weighted by Crippen LogP contribution is 2.42. The third-order valence-electron chi connectivity index (χ3n) is 4.81. The van der Waals surface area contributed by atoms with E-state index >= 15 is 0 Å². The van der Waals surface area contributed by atoms with Crippen LogP contribution in [0.2, 0.25) is 0 Å². The highest BCUT2D eigenvalue weighted by atomic mass is 32.2. The fourth-order valence-corrected chi connectivity index (χ4v) is 5.43. The van der Waals surface area contributed by atoms with Crippen molar-refractivity contribution in [3.05, 3.63) is 12.7 Å². The van der Waals surface area contributed by atoms with E-state index in [0.717, 1.165) is 0 Å². The molecule has 7 N–H and O–H groups in total. The van der Waals surface area contributed by atoms with Gasteiger partial charge in [-0.05, 0) is 0 Å². The van der Waals surface area contributed by atoms with Crippen LogP contribution in [0.3, 0.4) is 0 Å². The van der Waals surface area contributed by atoms with Crippen LogP contribution >= 0.6 is 0 Å². The smallest absolute Gasteiger partial charge is 0.344 e. The monoisotopic (exact) mass is 414 g/mol. The van der Waals surface area contributed by atoms with E-state index in [1.807, 2.05) is 0 Å². The van der Waals surface area contributed by atoms with Gasteiger partial charge in [0.05, 0.1) is 12.6 Å². The molecule has 1 aliphatic heterocycles. The molecule has 2 aromatic heterocycles. The van der Waals surface area contributed by atoms with Gasteiger partial charge < -0.3 is 41.4 Å². The minimum atomic E-state index is -1.56. The summed E-state index contributed by atoms with van der Waals surface area (Å²) in [6.45, 7) is -0.528. The summed E-state index contributed by atoms with van der Waals surface area (Å²) < 4.78 is 7.39. The standard InChI is InChI=1S/C15H22N6O6S/c1-28(3-2-7(16)14(25)26)15(11(24)10(23)8(4-22)27-15)21-6-20-9-12(17)18-5-19-13(9)21/h5-8,10-11,22-24H,2-4,16H2,1H3,(H2-,17,18,19,25,26)/t7-,8+,10+,11+,15-,28?/m0/s1. The molecule has 13 heteroatoms. The van der Waals surface area contributed by atoms with Gasteiger partial charge in [0.15, 0.2) is 17.6 Å². The Labute approximate surface area is 162 Å². The van der Waals surface area contributed by atoms with Gasteiger partial charge in [0.2, 0.25) is 0 Å². The van der Waals surface area contributed by atoms with Crippen molar-refractivity contribution in [2.75, 3.05) is 24.3 Å². The molecular weight excluding hydrogens is 392 g/mol. The second-order valence-corrected chi connectivity index (χ2v) is 8.77. The maximum absolute atomic E-state index is 10.9. The number of anilines is 1. The van der Waals surface area contributed by atoms with E-state index in [9.17, 15) is 25.2 Å². The molecule has 0 aromatic carbocycles. The van der Waals surface area contributed by atoms with Gasteiger partial charge in [0.25, 0.3) is 0 Å². The lowest BCUT2D eigenvalue weighted by atomic mass is 10.1. The summed E-state index contributed by atoms with van der Waals surface area (Å²) in [6, 6.07) is -1.19. The number of imidazole rings is 1. The average Bonchev–Trinajstić information content (AvgIpc) is 3.21. The first-order valence-corrected chi connectivity index (χ1v) is 10.2. The molecular formula is C15H22N6O6S. The van der Waals surface area contributed by atoms with Crippen LogP contribution in [-0.2, 0) is 25.5 Å². The molecule has 1 aliphatic rings. The number of carboxylic acid groups (broad SMARTS) is 1. The van der Waals surface area contributed by atoms with Crippen LogP contribution in [0, 0.1) is 0 Å². The van der Waals surface area contributed by atoms with Crippen LogP contribution in [0.4, 0.5) is 5.82 Å². The van der Waals surface area contributed by atoms with Crippen molar-refractivity contribution in [1.82, 2.24) is 19.5 Å². The van der Waals surface area contributed by atoms with E-state index in [-0.39, 0.29) is 29.2 Å². The van der Waals surface area contributed by atoms with Gasteiger partial charge >= 0.3 is 5.06 Å². The van der Waals surface area contributed by atoms with Crippen molar-refractivity contribution < 1.29 is 30.0 Å². The number of carbonyl (C=O) groups is 1. The number of aromatic nitrogens is 4. The molecule has 1 unspecified atom stereocenters. The number of aliphatic hydroxyl groups excluding tert-OH is 3. The summed E-state index contributed by atoms with van der Waals surface area (Å²) in [5.41, 5.74) is 11.9. The Morgan fingerprint density at radius 3 is 2.79 bits per heavy atom. The van der Waals surface area contributed by atoms with E-state index in [2.05, 4.69) is 15.0 Å². The second-order valence-electron chi connectivity index (χ2n) is 6.51. The molecule has 6 atom stereocenters. The summed E-state index contributed by atoms with van der Waals surface area (Å²) in [4.78, 5) is 23.1. The second kappa shape index (κ2) is 7.77. The number of aliphatic carboxylic acids is 1. The first-order chi connectivity index (χ1) is 13.2. The van der Waals surface area contributed by atoms with E-state index in [1.54, 1.807) is 6.26 Å². The maximum Gasteiger partial charge on any atom is 0.344 e. The topological polar surface area (TPSA) is 206 Å². The highest BCUT2D eigenvalue weighted by Gasteiger charge is 2.65. The summed E-state index contributed by atoms with van der Waals surface area (Å²) in [5.74, 6) is -1.03. The van der Waals surface area contributed by atoms with Gasteiger partial charge in [-0.3, -0.25) is 0 Å². The quantitative estimate of drug-likeness (QED) is 0.275. The number of nitrogen functional groups attached to an aromatic ring is 1. The van der Waals surface area contributed by atoms with Crippen LogP contribution in [0.1, 0.15) is 6.42 Å². The van der Waals surface area contributed by atoms with Crippen LogP contribution in [-0.4, -0.2) is 83.8 Å². The largest absolute Gasteiger partial charge is 0.548 e. The maximum atomic E-state index is 10.9.